The SMILES string of the molecule is C=CC(=O)OCC1CC(C)(C)N(Cl)C(C)(C)C1. The van der Waals surface area contributed by atoms with Crippen LogP contribution in [0.25, 0.3) is 0 Å². The number of piperidine rings is 1. The molecule has 1 aliphatic heterocycles. The quantitative estimate of drug-likeness (QED) is 0.443. The van der Waals surface area contributed by atoms with Gasteiger partial charge in [0.1, 0.15) is 0 Å². The van der Waals surface area contributed by atoms with Gasteiger partial charge in [-0.15, -0.1) is 0 Å². The summed E-state index contributed by atoms with van der Waals surface area (Å²) in [6, 6.07) is 0. The van der Waals surface area contributed by atoms with Crippen molar-refractivity contribution in [3.05, 3.63) is 12.7 Å². The summed E-state index contributed by atoms with van der Waals surface area (Å²) in [6.45, 7) is 12.3. The molecule has 1 rings (SSSR count). The first-order valence-electron chi connectivity index (χ1n) is 5.94. The molecule has 0 amide bonds. The van der Waals surface area contributed by atoms with Crippen molar-refractivity contribution in [2.24, 2.45) is 5.92 Å². The normalized spacial score (nSPS) is 24.3. The Morgan fingerprint density at radius 3 is 2.29 bits per heavy atom. The van der Waals surface area contributed by atoms with E-state index in [0.29, 0.717) is 12.5 Å². The summed E-state index contributed by atoms with van der Waals surface area (Å²) >= 11 is 6.36. The van der Waals surface area contributed by atoms with Crippen LogP contribution in [0.15, 0.2) is 12.7 Å². The van der Waals surface area contributed by atoms with Gasteiger partial charge in [-0.3, -0.25) is 0 Å². The maximum Gasteiger partial charge on any atom is 0.330 e. The van der Waals surface area contributed by atoms with E-state index in [0.717, 1.165) is 12.8 Å². The Labute approximate surface area is 109 Å². The minimum Gasteiger partial charge on any atom is -0.462 e. The minimum absolute atomic E-state index is 0.0887. The molecular weight excluding hydrogens is 238 g/mol. The molecule has 98 valence electrons. The summed E-state index contributed by atoms with van der Waals surface area (Å²) in [5.74, 6) is -0.00665. The molecule has 0 spiro atoms. The second kappa shape index (κ2) is 4.99. The molecule has 0 radical (unpaired) electrons. The highest BCUT2D eigenvalue weighted by Crippen LogP contribution is 2.42. The van der Waals surface area contributed by atoms with Crippen LogP contribution in [0.3, 0.4) is 0 Å². The summed E-state index contributed by atoms with van der Waals surface area (Å²) in [5.41, 5.74) is -0.177. The topological polar surface area (TPSA) is 29.5 Å². The van der Waals surface area contributed by atoms with Crippen LogP contribution in [-0.4, -0.2) is 28.1 Å². The molecule has 1 saturated heterocycles. The van der Waals surface area contributed by atoms with Gasteiger partial charge in [0.05, 0.1) is 6.61 Å². The number of rotatable bonds is 3. The van der Waals surface area contributed by atoms with E-state index in [1.807, 2.05) is 4.42 Å². The zero-order valence-electron chi connectivity index (χ0n) is 11.1. The third-order valence-corrected chi connectivity index (χ3v) is 4.18. The summed E-state index contributed by atoms with van der Waals surface area (Å²) in [5, 5.41) is 0. The molecular formula is C13H22ClNO2. The highest BCUT2D eigenvalue weighted by atomic mass is 35.5. The molecule has 3 nitrogen and oxygen atoms in total. The predicted molar refractivity (Wildman–Crippen MR) is 69.7 cm³/mol. The Balaban J connectivity index is 2.65. The number of nitrogens with zero attached hydrogens (tertiary/aromatic N) is 1. The number of esters is 1. The number of carbonyl (C=O) groups excluding carboxylic acids is 1. The lowest BCUT2D eigenvalue weighted by molar-refractivity contribution is -0.140. The van der Waals surface area contributed by atoms with Crippen LogP contribution in [0.1, 0.15) is 40.5 Å². The molecule has 0 unspecified atom stereocenters. The fraction of sp³-hybridized carbons (Fsp3) is 0.769. The van der Waals surface area contributed by atoms with Gasteiger partial charge in [0.25, 0.3) is 0 Å². The van der Waals surface area contributed by atoms with Crippen molar-refractivity contribution < 1.29 is 9.53 Å². The Morgan fingerprint density at radius 1 is 1.41 bits per heavy atom. The number of carbonyl (C=O) groups is 1. The smallest absolute Gasteiger partial charge is 0.330 e. The first kappa shape index (κ1) is 14.5. The largest absolute Gasteiger partial charge is 0.462 e. The Bertz CT molecular complexity index is 295. The van der Waals surface area contributed by atoms with E-state index in [4.69, 9.17) is 16.5 Å². The molecule has 0 aromatic rings. The molecule has 0 N–H and O–H groups in total. The summed E-state index contributed by atoms with van der Waals surface area (Å²) in [7, 11) is 0. The summed E-state index contributed by atoms with van der Waals surface area (Å²) in [6.07, 6.45) is 3.04. The molecule has 1 heterocycles. The average Bonchev–Trinajstić information content (AvgIpc) is 2.21. The fourth-order valence-corrected chi connectivity index (χ4v) is 2.98. The minimum atomic E-state index is -0.353. The Kier molecular flexibility index (Phi) is 4.26. The maximum absolute atomic E-state index is 11.1. The lowest BCUT2D eigenvalue weighted by Gasteiger charge is -2.51. The predicted octanol–water partition coefficient (Wildman–Crippen LogP) is 3.14. The van der Waals surface area contributed by atoms with Gasteiger partial charge in [-0.2, -0.15) is 0 Å². The van der Waals surface area contributed by atoms with Crippen molar-refractivity contribution in [3.8, 4) is 0 Å². The van der Waals surface area contributed by atoms with Crippen LogP contribution in [0, 0.1) is 5.92 Å². The molecule has 17 heavy (non-hydrogen) atoms. The van der Waals surface area contributed by atoms with E-state index < -0.39 is 0 Å². The zero-order chi connectivity index (χ0) is 13.3. The van der Waals surface area contributed by atoms with Crippen molar-refractivity contribution in [3.63, 3.8) is 0 Å². The van der Waals surface area contributed by atoms with Crippen LogP contribution in [-0.2, 0) is 9.53 Å². The van der Waals surface area contributed by atoms with Gasteiger partial charge >= 0.3 is 5.97 Å². The second-order valence-corrected chi connectivity index (χ2v) is 6.35. The van der Waals surface area contributed by atoms with Crippen molar-refractivity contribution in [2.45, 2.75) is 51.6 Å². The van der Waals surface area contributed by atoms with Gasteiger partial charge in [-0.25, -0.2) is 9.21 Å². The van der Waals surface area contributed by atoms with Gasteiger partial charge in [-0.05, 0) is 58.2 Å². The van der Waals surface area contributed by atoms with Crippen molar-refractivity contribution in [2.75, 3.05) is 6.61 Å². The molecule has 0 atom stereocenters. The Morgan fingerprint density at radius 2 is 1.88 bits per heavy atom. The van der Waals surface area contributed by atoms with Crippen LogP contribution in [0.4, 0.5) is 0 Å². The molecule has 0 aromatic heterocycles. The first-order chi connectivity index (χ1) is 7.69. The summed E-state index contributed by atoms with van der Waals surface area (Å²) in [4.78, 5) is 11.1. The lowest BCUT2D eigenvalue weighted by Crippen LogP contribution is -2.56. The monoisotopic (exact) mass is 259 g/mol. The number of halogens is 1. The molecule has 0 saturated carbocycles. The van der Waals surface area contributed by atoms with E-state index >= 15 is 0 Å². The number of hydrogen-bond donors (Lipinski definition) is 0. The lowest BCUT2D eigenvalue weighted by atomic mass is 9.76. The molecule has 0 aromatic carbocycles. The van der Waals surface area contributed by atoms with Crippen LogP contribution < -0.4 is 0 Å². The van der Waals surface area contributed by atoms with Crippen molar-refractivity contribution in [1.82, 2.24) is 4.42 Å². The van der Waals surface area contributed by atoms with E-state index in [9.17, 15) is 4.79 Å². The van der Waals surface area contributed by atoms with E-state index in [1.54, 1.807) is 0 Å². The maximum atomic E-state index is 11.1. The summed E-state index contributed by atoms with van der Waals surface area (Å²) < 4.78 is 7.03. The first-order valence-corrected chi connectivity index (χ1v) is 6.28. The van der Waals surface area contributed by atoms with Crippen LogP contribution >= 0.6 is 11.8 Å². The van der Waals surface area contributed by atoms with Gasteiger partial charge in [-0.1, -0.05) is 6.58 Å². The van der Waals surface area contributed by atoms with Crippen molar-refractivity contribution >= 4 is 17.7 Å². The molecule has 1 aliphatic rings. The molecule has 0 aliphatic carbocycles. The van der Waals surface area contributed by atoms with Gasteiger partial charge < -0.3 is 4.74 Å². The standard InChI is InChI=1S/C13H22ClNO2/c1-6-11(16)17-9-10-7-12(2,3)15(14)13(4,5)8-10/h6,10H,1,7-9H2,2-5H3. The van der Waals surface area contributed by atoms with E-state index in [2.05, 4.69) is 34.3 Å². The number of hydrogen-bond acceptors (Lipinski definition) is 3. The zero-order valence-corrected chi connectivity index (χ0v) is 11.9. The third-order valence-electron chi connectivity index (χ3n) is 3.27. The van der Waals surface area contributed by atoms with E-state index in [1.165, 1.54) is 6.08 Å². The van der Waals surface area contributed by atoms with Gasteiger partial charge in [0.15, 0.2) is 0 Å². The van der Waals surface area contributed by atoms with Crippen LogP contribution in [0.2, 0.25) is 0 Å². The molecule has 0 bridgehead atoms. The fourth-order valence-electron chi connectivity index (χ4n) is 2.84. The van der Waals surface area contributed by atoms with Crippen molar-refractivity contribution in [1.29, 1.82) is 0 Å². The highest BCUT2D eigenvalue weighted by molar-refractivity contribution is 6.14. The highest BCUT2D eigenvalue weighted by Gasteiger charge is 2.44. The van der Waals surface area contributed by atoms with Gasteiger partial charge in [0.2, 0.25) is 0 Å². The average molecular weight is 260 g/mol. The Hall–Kier alpha value is -0.540. The van der Waals surface area contributed by atoms with E-state index in [-0.39, 0.29) is 17.0 Å². The van der Waals surface area contributed by atoms with Gasteiger partial charge in [0, 0.05) is 17.2 Å². The second-order valence-electron chi connectivity index (χ2n) is 6.01. The molecule has 1 fully saturated rings. The third kappa shape index (κ3) is 3.46. The van der Waals surface area contributed by atoms with Crippen LogP contribution in [0.5, 0.6) is 0 Å². The molecule has 4 heteroatoms. The number of ether oxygens (including phenoxy) is 1.